The quantitative estimate of drug-likeness (QED) is 0.803. The normalized spacial score (nSPS) is 16.3. The molecule has 1 heterocycles. The summed E-state index contributed by atoms with van der Waals surface area (Å²) in [6, 6.07) is 4.52. The first-order valence-electron chi connectivity index (χ1n) is 7.95. The van der Waals surface area contributed by atoms with Gasteiger partial charge in [-0.1, -0.05) is 23.2 Å². The summed E-state index contributed by atoms with van der Waals surface area (Å²) in [5.74, 6) is -0.933. The Balaban J connectivity index is 1.98. The van der Waals surface area contributed by atoms with Crippen LogP contribution in [0.5, 0.6) is 0 Å². The van der Waals surface area contributed by atoms with E-state index < -0.39 is 17.6 Å². The first kappa shape index (κ1) is 19.8. The topological polar surface area (TPSA) is 78.9 Å². The van der Waals surface area contributed by atoms with Gasteiger partial charge in [-0.3, -0.25) is 4.79 Å². The van der Waals surface area contributed by atoms with E-state index in [0.29, 0.717) is 28.7 Å². The molecule has 0 aliphatic carbocycles. The van der Waals surface area contributed by atoms with Crippen LogP contribution >= 0.6 is 23.2 Å². The number of likely N-dealkylation sites (tertiary alicyclic amines) is 1. The van der Waals surface area contributed by atoms with Crippen LogP contribution in [0.2, 0.25) is 10.0 Å². The molecule has 138 valence electrons. The van der Waals surface area contributed by atoms with E-state index in [1.165, 1.54) is 0 Å². The first-order valence-corrected chi connectivity index (χ1v) is 8.71. The van der Waals surface area contributed by atoms with Crippen molar-refractivity contribution in [3.05, 3.63) is 33.8 Å². The minimum absolute atomic E-state index is 0.0189. The Morgan fingerprint density at radius 1 is 1.28 bits per heavy atom. The number of halogens is 2. The number of carboxylic acid groups (broad SMARTS) is 1. The second kappa shape index (κ2) is 7.81. The summed E-state index contributed by atoms with van der Waals surface area (Å²) in [6.45, 7) is 6.35. The number of carbonyl (C=O) groups is 2. The maximum atomic E-state index is 12.0. The van der Waals surface area contributed by atoms with E-state index >= 15 is 0 Å². The second-order valence-corrected chi connectivity index (χ2v) is 7.98. The highest BCUT2D eigenvalue weighted by molar-refractivity contribution is 6.34. The number of hydrogen-bond acceptors (Lipinski definition) is 4. The van der Waals surface area contributed by atoms with Gasteiger partial charge in [-0.15, -0.1) is 0 Å². The molecule has 0 aromatic heterocycles. The summed E-state index contributed by atoms with van der Waals surface area (Å²) in [6.07, 6.45) is -0.481. The summed E-state index contributed by atoms with van der Waals surface area (Å²) in [4.78, 5) is 24.7. The Bertz CT molecular complexity index is 634. The Labute approximate surface area is 157 Å². The van der Waals surface area contributed by atoms with Crippen LogP contribution < -0.4 is 5.32 Å². The molecule has 0 radical (unpaired) electrons. The van der Waals surface area contributed by atoms with Crippen LogP contribution in [-0.2, 0) is 9.53 Å². The summed E-state index contributed by atoms with van der Waals surface area (Å²) in [5, 5.41) is 13.3. The Morgan fingerprint density at radius 3 is 2.32 bits per heavy atom. The van der Waals surface area contributed by atoms with Crippen molar-refractivity contribution in [1.29, 1.82) is 0 Å². The molecular weight excluding hydrogens is 367 g/mol. The van der Waals surface area contributed by atoms with Crippen LogP contribution in [0.3, 0.4) is 0 Å². The number of benzene rings is 1. The summed E-state index contributed by atoms with van der Waals surface area (Å²) >= 11 is 12.0. The van der Waals surface area contributed by atoms with Gasteiger partial charge in [0.15, 0.2) is 0 Å². The van der Waals surface area contributed by atoms with Crippen LogP contribution in [0.1, 0.15) is 38.8 Å². The van der Waals surface area contributed by atoms with Crippen molar-refractivity contribution in [1.82, 2.24) is 10.2 Å². The molecule has 1 saturated heterocycles. The molecule has 1 fully saturated rings. The molecule has 0 unspecified atom stereocenters. The molecule has 0 bridgehead atoms. The molecule has 1 aliphatic rings. The molecule has 1 amide bonds. The monoisotopic (exact) mass is 388 g/mol. The largest absolute Gasteiger partial charge is 0.481 e. The maximum absolute atomic E-state index is 12.0. The summed E-state index contributed by atoms with van der Waals surface area (Å²) in [5.41, 5.74) is 0.162. The summed E-state index contributed by atoms with van der Waals surface area (Å²) < 4.78 is 5.31. The average molecular weight is 389 g/mol. The minimum atomic E-state index is -0.933. The Kier molecular flexibility index (Phi) is 6.19. The second-order valence-electron chi connectivity index (χ2n) is 7.10. The fourth-order valence-corrected chi connectivity index (χ4v) is 3.11. The molecule has 0 saturated carbocycles. The van der Waals surface area contributed by atoms with Crippen LogP contribution in [0, 0.1) is 0 Å². The van der Waals surface area contributed by atoms with Gasteiger partial charge in [0.05, 0.1) is 6.42 Å². The van der Waals surface area contributed by atoms with Crippen molar-refractivity contribution in [2.24, 2.45) is 0 Å². The van der Waals surface area contributed by atoms with Gasteiger partial charge in [0.1, 0.15) is 5.60 Å². The van der Waals surface area contributed by atoms with Crippen LogP contribution in [0.25, 0.3) is 0 Å². The van der Waals surface area contributed by atoms with E-state index in [2.05, 4.69) is 5.32 Å². The third kappa shape index (κ3) is 6.06. The molecule has 2 rings (SSSR count). The number of aliphatic carboxylic acids is 1. The van der Waals surface area contributed by atoms with Crippen LogP contribution in [0.15, 0.2) is 18.2 Å². The predicted molar refractivity (Wildman–Crippen MR) is 96.2 cm³/mol. The lowest BCUT2D eigenvalue weighted by Gasteiger charge is -2.41. The zero-order valence-corrected chi connectivity index (χ0v) is 15.9. The fraction of sp³-hybridized carbons (Fsp3) is 0.529. The average Bonchev–Trinajstić information content (AvgIpc) is 2.37. The van der Waals surface area contributed by atoms with Gasteiger partial charge in [-0.2, -0.15) is 0 Å². The highest BCUT2D eigenvalue weighted by Crippen LogP contribution is 2.27. The molecule has 6 nitrogen and oxygen atoms in total. The van der Waals surface area contributed by atoms with E-state index in [4.69, 9.17) is 33.0 Å². The molecule has 1 atom stereocenters. The molecular formula is C17H22Cl2N2O4. The molecule has 25 heavy (non-hydrogen) atoms. The standard InChI is InChI=1S/C17H22Cl2N2O4/c1-17(2,3)25-16(24)21-8-13(9-21)20-14(7-15(22)23)10-4-11(18)6-12(19)5-10/h4-6,13-14,20H,7-9H2,1-3H3,(H,22,23)/t14-/m0/s1. The van der Waals surface area contributed by atoms with Crippen LogP contribution in [0.4, 0.5) is 4.79 Å². The lowest BCUT2D eigenvalue weighted by molar-refractivity contribution is -0.137. The number of carboxylic acids is 1. The van der Waals surface area contributed by atoms with E-state index in [-0.39, 0.29) is 18.6 Å². The number of carbonyl (C=O) groups excluding carboxylic acids is 1. The number of amides is 1. The highest BCUT2D eigenvalue weighted by atomic mass is 35.5. The van der Waals surface area contributed by atoms with Crippen molar-refractivity contribution in [2.75, 3.05) is 13.1 Å². The van der Waals surface area contributed by atoms with Gasteiger partial charge in [-0.25, -0.2) is 4.79 Å². The number of ether oxygens (including phenoxy) is 1. The molecule has 2 N–H and O–H groups in total. The van der Waals surface area contributed by atoms with E-state index in [9.17, 15) is 9.59 Å². The molecule has 1 aromatic carbocycles. The Hall–Kier alpha value is -1.50. The summed E-state index contributed by atoms with van der Waals surface area (Å²) in [7, 11) is 0. The van der Waals surface area contributed by atoms with Gasteiger partial charge >= 0.3 is 12.1 Å². The van der Waals surface area contributed by atoms with Gasteiger partial charge in [-0.05, 0) is 44.5 Å². The predicted octanol–water partition coefficient (Wildman–Crippen LogP) is 3.72. The van der Waals surface area contributed by atoms with Crippen molar-refractivity contribution < 1.29 is 19.4 Å². The third-order valence-electron chi connectivity index (χ3n) is 3.64. The molecule has 1 aliphatic heterocycles. The first-order chi connectivity index (χ1) is 11.5. The zero-order chi connectivity index (χ0) is 18.8. The van der Waals surface area contributed by atoms with E-state index in [1.807, 2.05) is 20.8 Å². The number of nitrogens with one attached hydrogen (secondary N) is 1. The van der Waals surface area contributed by atoms with Gasteiger partial charge in [0, 0.05) is 35.2 Å². The molecule has 8 heteroatoms. The maximum Gasteiger partial charge on any atom is 0.410 e. The van der Waals surface area contributed by atoms with Gasteiger partial charge in [0.25, 0.3) is 0 Å². The van der Waals surface area contributed by atoms with Gasteiger partial charge < -0.3 is 20.1 Å². The molecule has 1 aromatic rings. The Morgan fingerprint density at radius 2 is 1.84 bits per heavy atom. The van der Waals surface area contributed by atoms with E-state index in [0.717, 1.165) is 0 Å². The van der Waals surface area contributed by atoms with Crippen molar-refractivity contribution >= 4 is 35.3 Å². The lowest BCUT2D eigenvalue weighted by atomic mass is 10.0. The number of nitrogens with zero attached hydrogens (tertiary/aromatic N) is 1. The minimum Gasteiger partial charge on any atom is -0.481 e. The fourth-order valence-electron chi connectivity index (χ4n) is 2.57. The van der Waals surface area contributed by atoms with Crippen LogP contribution in [-0.4, -0.2) is 46.8 Å². The highest BCUT2D eigenvalue weighted by Gasteiger charge is 2.35. The van der Waals surface area contributed by atoms with Crippen molar-refractivity contribution in [3.8, 4) is 0 Å². The lowest BCUT2D eigenvalue weighted by Crippen LogP contribution is -2.61. The van der Waals surface area contributed by atoms with E-state index in [1.54, 1.807) is 23.1 Å². The zero-order valence-electron chi connectivity index (χ0n) is 14.4. The molecule has 0 spiro atoms. The third-order valence-corrected chi connectivity index (χ3v) is 4.07. The number of rotatable bonds is 5. The van der Waals surface area contributed by atoms with Gasteiger partial charge in [0.2, 0.25) is 0 Å². The van der Waals surface area contributed by atoms with Crippen molar-refractivity contribution in [3.63, 3.8) is 0 Å². The SMILES string of the molecule is CC(C)(C)OC(=O)N1CC(N[C@@H](CC(=O)O)c2cc(Cl)cc(Cl)c2)C1. The van der Waals surface area contributed by atoms with Crippen molar-refractivity contribution in [2.45, 2.75) is 44.9 Å². The number of hydrogen-bond donors (Lipinski definition) is 2. The smallest absolute Gasteiger partial charge is 0.410 e.